The lowest BCUT2D eigenvalue weighted by molar-refractivity contribution is -0.132. The fraction of sp³-hybridized carbons (Fsp3) is 0.562. The van der Waals surface area contributed by atoms with Crippen molar-refractivity contribution in [2.75, 3.05) is 19.6 Å². The summed E-state index contributed by atoms with van der Waals surface area (Å²) >= 11 is 0. The van der Waals surface area contributed by atoms with Crippen molar-refractivity contribution < 1.29 is 9.59 Å². The average Bonchev–Trinajstić information content (AvgIpc) is 3.23. The zero-order chi connectivity index (χ0) is 17.1. The third kappa shape index (κ3) is 3.37. The number of hydrogen-bond acceptors (Lipinski definition) is 5. The molecule has 1 fully saturated rings. The molecule has 2 amide bonds. The van der Waals surface area contributed by atoms with Gasteiger partial charge in [0.15, 0.2) is 0 Å². The van der Waals surface area contributed by atoms with E-state index in [0.717, 1.165) is 42.9 Å². The maximum Gasteiger partial charge on any atom is 0.252 e. The molecule has 0 unspecified atom stereocenters. The van der Waals surface area contributed by atoms with Gasteiger partial charge >= 0.3 is 0 Å². The third-order valence-electron chi connectivity index (χ3n) is 4.49. The number of fused-ring (bicyclic) bond motifs is 1. The predicted molar refractivity (Wildman–Crippen MR) is 87.4 cm³/mol. The van der Waals surface area contributed by atoms with Crippen LogP contribution >= 0.6 is 0 Å². The summed E-state index contributed by atoms with van der Waals surface area (Å²) in [5, 5.41) is 6.86. The van der Waals surface area contributed by atoms with Crippen LogP contribution < -0.4 is 5.32 Å². The Hall–Kier alpha value is -2.51. The molecule has 2 aromatic rings. The maximum atomic E-state index is 12.0. The number of aromatic nitrogens is 4. The largest absolute Gasteiger partial charge is 0.347 e. The molecule has 24 heavy (non-hydrogen) atoms. The molecule has 3 heterocycles. The number of carbonyl (C=O) groups is 2. The van der Waals surface area contributed by atoms with Crippen LogP contribution in [0.15, 0.2) is 6.33 Å². The third-order valence-corrected chi connectivity index (χ3v) is 4.49. The summed E-state index contributed by atoms with van der Waals surface area (Å²) in [6.07, 6.45) is 4.45. The van der Waals surface area contributed by atoms with Crippen LogP contribution in [0.5, 0.6) is 0 Å². The number of likely N-dealkylation sites (tertiary alicyclic amines) is 1. The maximum absolute atomic E-state index is 12.0. The van der Waals surface area contributed by atoms with Gasteiger partial charge in [0, 0.05) is 30.9 Å². The van der Waals surface area contributed by atoms with Gasteiger partial charge in [-0.25, -0.2) is 9.50 Å². The van der Waals surface area contributed by atoms with E-state index in [4.69, 9.17) is 0 Å². The van der Waals surface area contributed by atoms with Gasteiger partial charge in [-0.2, -0.15) is 10.1 Å². The minimum Gasteiger partial charge on any atom is -0.347 e. The Labute approximate surface area is 140 Å². The van der Waals surface area contributed by atoms with E-state index in [0.29, 0.717) is 18.6 Å². The lowest BCUT2D eigenvalue weighted by Gasteiger charge is -2.15. The minimum absolute atomic E-state index is 0.00101. The summed E-state index contributed by atoms with van der Waals surface area (Å²) in [5.74, 6) is 0.438. The zero-order valence-corrected chi connectivity index (χ0v) is 14.1. The highest BCUT2D eigenvalue weighted by atomic mass is 16.2. The van der Waals surface area contributed by atoms with Crippen LogP contribution in [-0.4, -0.2) is 55.9 Å². The van der Waals surface area contributed by atoms with Gasteiger partial charge in [0.05, 0.1) is 6.54 Å². The summed E-state index contributed by atoms with van der Waals surface area (Å²) in [4.78, 5) is 34.2. The van der Waals surface area contributed by atoms with Crippen LogP contribution in [0.4, 0.5) is 0 Å². The van der Waals surface area contributed by atoms with Crippen molar-refractivity contribution >= 4 is 17.6 Å². The van der Waals surface area contributed by atoms with E-state index in [9.17, 15) is 9.59 Å². The number of nitrogens with zero attached hydrogens (tertiary/aromatic N) is 5. The first-order chi connectivity index (χ1) is 11.6. The molecule has 3 rings (SSSR count). The van der Waals surface area contributed by atoms with Crippen molar-refractivity contribution in [2.45, 2.75) is 39.5 Å². The first kappa shape index (κ1) is 16.4. The Kier molecular flexibility index (Phi) is 4.73. The van der Waals surface area contributed by atoms with Gasteiger partial charge in [-0.3, -0.25) is 9.59 Å². The lowest BCUT2D eigenvalue weighted by Crippen LogP contribution is -2.38. The van der Waals surface area contributed by atoms with Crippen molar-refractivity contribution in [1.82, 2.24) is 29.8 Å². The highest BCUT2D eigenvalue weighted by Crippen LogP contribution is 2.14. The van der Waals surface area contributed by atoms with E-state index >= 15 is 0 Å². The van der Waals surface area contributed by atoms with Gasteiger partial charge in [-0.1, -0.05) is 0 Å². The molecule has 0 bridgehead atoms. The van der Waals surface area contributed by atoms with Crippen LogP contribution in [0.25, 0.3) is 5.78 Å². The van der Waals surface area contributed by atoms with Crippen LogP contribution in [-0.2, 0) is 16.0 Å². The van der Waals surface area contributed by atoms with Gasteiger partial charge in [0.1, 0.15) is 6.33 Å². The molecule has 0 radical (unpaired) electrons. The van der Waals surface area contributed by atoms with Crippen LogP contribution in [0.1, 0.15) is 36.2 Å². The van der Waals surface area contributed by atoms with E-state index in [1.54, 1.807) is 9.42 Å². The van der Waals surface area contributed by atoms with E-state index in [1.165, 1.54) is 6.33 Å². The molecule has 1 N–H and O–H groups in total. The second kappa shape index (κ2) is 6.94. The first-order valence-electron chi connectivity index (χ1n) is 8.26. The van der Waals surface area contributed by atoms with Crippen molar-refractivity contribution in [3.63, 3.8) is 0 Å². The smallest absolute Gasteiger partial charge is 0.252 e. The standard InChI is InChI=1S/C16H22N6O2/c1-11-13(12(2)22-16(20-11)18-10-19-22)5-6-14(23)17-9-15(24)21-7-3-4-8-21/h10H,3-9H2,1-2H3,(H,17,23). The van der Waals surface area contributed by atoms with Crippen molar-refractivity contribution in [3.05, 3.63) is 23.3 Å². The molecular formula is C16H22N6O2. The summed E-state index contributed by atoms with van der Waals surface area (Å²) in [7, 11) is 0. The predicted octanol–water partition coefficient (Wildman–Crippen LogP) is 0.412. The quantitative estimate of drug-likeness (QED) is 0.857. The normalized spacial score (nSPS) is 14.3. The molecule has 0 aromatic carbocycles. The average molecular weight is 330 g/mol. The first-order valence-corrected chi connectivity index (χ1v) is 8.26. The van der Waals surface area contributed by atoms with Gasteiger partial charge in [-0.15, -0.1) is 0 Å². The number of carbonyl (C=O) groups excluding carboxylic acids is 2. The van der Waals surface area contributed by atoms with E-state index in [1.807, 2.05) is 13.8 Å². The van der Waals surface area contributed by atoms with E-state index in [2.05, 4.69) is 20.4 Å². The molecule has 128 valence electrons. The summed E-state index contributed by atoms with van der Waals surface area (Å²) < 4.78 is 1.68. The second-order valence-electron chi connectivity index (χ2n) is 6.10. The molecule has 8 heteroatoms. The molecule has 0 atom stereocenters. The second-order valence-corrected chi connectivity index (χ2v) is 6.10. The van der Waals surface area contributed by atoms with Crippen molar-refractivity contribution in [1.29, 1.82) is 0 Å². The van der Waals surface area contributed by atoms with Crippen molar-refractivity contribution in [3.8, 4) is 0 Å². The summed E-state index contributed by atoms with van der Waals surface area (Å²) in [6.45, 7) is 5.54. The molecule has 1 aliphatic rings. The van der Waals surface area contributed by atoms with Crippen LogP contribution in [0, 0.1) is 13.8 Å². The van der Waals surface area contributed by atoms with Gasteiger partial charge < -0.3 is 10.2 Å². The zero-order valence-electron chi connectivity index (χ0n) is 14.1. The van der Waals surface area contributed by atoms with E-state index in [-0.39, 0.29) is 18.4 Å². The van der Waals surface area contributed by atoms with E-state index < -0.39 is 0 Å². The van der Waals surface area contributed by atoms with Crippen molar-refractivity contribution in [2.24, 2.45) is 0 Å². The molecule has 8 nitrogen and oxygen atoms in total. The fourth-order valence-corrected chi connectivity index (χ4v) is 3.10. The van der Waals surface area contributed by atoms with Crippen LogP contribution in [0.3, 0.4) is 0 Å². The number of aryl methyl sites for hydroxylation is 2. The Bertz CT molecular complexity index is 763. The Morgan fingerprint density at radius 3 is 2.75 bits per heavy atom. The SMILES string of the molecule is Cc1nc2ncnn2c(C)c1CCC(=O)NCC(=O)N1CCCC1. The Balaban J connectivity index is 1.55. The number of hydrogen-bond donors (Lipinski definition) is 1. The Morgan fingerprint density at radius 1 is 1.25 bits per heavy atom. The van der Waals surface area contributed by atoms with Gasteiger partial charge in [-0.05, 0) is 38.7 Å². The molecule has 0 aliphatic carbocycles. The summed E-state index contributed by atoms with van der Waals surface area (Å²) in [6, 6.07) is 0. The highest BCUT2D eigenvalue weighted by molar-refractivity contribution is 5.84. The number of amides is 2. The molecular weight excluding hydrogens is 308 g/mol. The fourth-order valence-electron chi connectivity index (χ4n) is 3.10. The molecule has 1 aliphatic heterocycles. The Morgan fingerprint density at radius 2 is 2.00 bits per heavy atom. The minimum atomic E-state index is -0.125. The molecule has 2 aromatic heterocycles. The van der Waals surface area contributed by atoms with Gasteiger partial charge in [0.2, 0.25) is 11.8 Å². The summed E-state index contributed by atoms with van der Waals surface area (Å²) in [5.41, 5.74) is 2.79. The lowest BCUT2D eigenvalue weighted by atomic mass is 10.1. The van der Waals surface area contributed by atoms with Gasteiger partial charge in [0.25, 0.3) is 5.78 Å². The molecule has 1 saturated heterocycles. The molecule has 0 spiro atoms. The molecule has 0 saturated carbocycles. The number of nitrogens with one attached hydrogen (secondary N) is 1. The topological polar surface area (TPSA) is 92.5 Å². The number of rotatable bonds is 5. The van der Waals surface area contributed by atoms with Crippen LogP contribution in [0.2, 0.25) is 0 Å². The highest BCUT2D eigenvalue weighted by Gasteiger charge is 2.18. The monoisotopic (exact) mass is 330 g/mol.